The highest BCUT2D eigenvalue weighted by Gasteiger charge is 2.10. The van der Waals surface area contributed by atoms with Crippen LogP contribution in [0.15, 0.2) is 48.5 Å². The van der Waals surface area contributed by atoms with Crippen molar-refractivity contribution in [2.75, 3.05) is 6.61 Å². The Morgan fingerprint density at radius 2 is 1.52 bits per heavy atom. The van der Waals surface area contributed by atoms with Gasteiger partial charge in [0.25, 0.3) is 0 Å². The molecule has 0 aliphatic rings. The van der Waals surface area contributed by atoms with Crippen molar-refractivity contribution in [1.29, 1.82) is 0 Å². The highest BCUT2D eigenvalue weighted by Crippen LogP contribution is 2.31. The van der Waals surface area contributed by atoms with Crippen LogP contribution in [0.3, 0.4) is 0 Å². The van der Waals surface area contributed by atoms with Gasteiger partial charge in [-0.25, -0.2) is 4.79 Å². The minimum atomic E-state index is -0.938. The molecule has 0 saturated heterocycles. The molecule has 0 spiro atoms. The lowest BCUT2D eigenvalue weighted by Crippen LogP contribution is -1.96. The summed E-state index contributed by atoms with van der Waals surface area (Å²) < 4.78 is 5.77. The van der Waals surface area contributed by atoms with Crippen LogP contribution in [0.1, 0.15) is 43.0 Å². The molecule has 2 aromatic carbocycles. The van der Waals surface area contributed by atoms with Crippen molar-refractivity contribution in [2.24, 2.45) is 0 Å². The van der Waals surface area contributed by atoms with Crippen molar-refractivity contribution in [3.05, 3.63) is 54.1 Å². The predicted molar refractivity (Wildman–Crippen MR) is 107 cm³/mol. The van der Waals surface area contributed by atoms with Crippen LogP contribution in [-0.4, -0.2) is 27.9 Å². The first-order valence-electron chi connectivity index (χ1n) is 9.08. The summed E-state index contributed by atoms with van der Waals surface area (Å²) in [6.45, 7) is 2.94. The lowest BCUT2D eigenvalue weighted by molar-refractivity contribution is 0.0697. The SMILES string of the molecule is CCCCCCOc1ccc(-c2nnc(-c3ccc(C(=O)O)cc3)s2)cc1. The number of aromatic carboxylic acids is 1. The smallest absolute Gasteiger partial charge is 0.335 e. The van der Waals surface area contributed by atoms with Crippen LogP contribution in [0.4, 0.5) is 0 Å². The number of nitrogens with zero attached hydrogens (tertiary/aromatic N) is 2. The second-order valence-corrected chi connectivity index (χ2v) is 7.21. The van der Waals surface area contributed by atoms with E-state index in [9.17, 15) is 4.79 Å². The third-order valence-corrected chi connectivity index (χ3v) is 5.19. The normalized spacial score (nSPS) is 10.7. The van der Waals surface area contributed by atoms with Crippen molar-refractivity contribution in [2.45, 2.75) is 32.6 Å². The Bertz CT molecular complexity index is 873. The van der Waals surface area contributed by atoms with E-state index in [0.29, 0.717) is 0 Å². The maximum atomic E-state index is 10.9. The standard InChI is InChI=1S/C21H22N2O3S/c1-2-3-4-5-14-26-18-12-10-16(11-13-18)20-23-22-19(27-20)15-6-8-17(9-7-15)21(24)25/h6-13H,2-5,14H2,1H3,(H,24,25). The van der Waals surface area contributed by atoms with Crippen LogP contribution in [0.2, 0.25) is 0 Å². The van der Waals surface area contributed by atoms with Crippen molar-refractivity contribution in [3.8, 4) is 26.9 Å². The van der Waals surface area contributed by atoms with Crippen LogP contribution >= 0.6 is 11.3 Å². The quantitative estimate of drug-likeness (QED) is 0.493. The van der Waals surface area contributed by atoms with Crippen LogP contribution in [0.5, 0.6) is 5.75 Å². The molecule has 3 aromatic rings. The molecule has 0 amide bonds. The van der Waals surface area contributed by atoms with Crippen LogP contribution < -0.4 is 4.74 Å². The molecule has 0 atom stereocenters. The molecule has 0 saturated carbocycles. The van der Waals surface area contributed by atoms with Gasteiger partial charge in [-0.3, -0.25) is 0 Å². The maximum absolute atomic E-state index is 10.9. The highest BCUT2D eigenvalue weighted by atomic mass is 32.1. The van der Waals surface area contributed by atoms with Gasteiger partial charge in [0, 0.05) is 11.1 Å². The van der Waals surface area contributed by atoms with Gasteiger partial charge in [-0.1, -0.05) is 49.7 Å². The van der Waals surface area contributed by atoms with E-state index in [4.69, 9.17) is 9.84 Å². The van der Waals surface area contributed by atoms with Crippen molar-refractivity contribution >= 4 is 17.3 Å². The summed E-state index contributed by atoms with van der Waals surface area (Å²) >= 11 is 1.48. The number of rotatable bonds is 9. The van der Waals surface area contributed by atoms with E-state index < -0.39 is 5.97 Å². The lowest BCUT2D eigenvalue weighted by Gasteiger charge is -2.06. The van der Waals surface area contributed by atoms with Gasteiger partial charge in [-0.2, -0.15) is 0 Å². The molecular weight excluding hydrogens is 360 g/mol. The number of benzene rings is 2. The summed E-state index contributed by atoms with van der Waals surface area (Å²) in [7, 11) is 0. The number of carbonyl (C=O) groups is 1. The minimum Gasteiger partial charge on any atom is -0.494 e. The van der Waals surface area contributed by atoms with E-state index >= 15 is 0 Å². The number of aromatic nitrogens is 2. The Labute approximate surface area is 162 Å². The van der Waals surface area contributed by atoms with Crippen molar-refractivity contribution in [1.82, 2.24) is 10.2 Å². The van der Waals surface area contributed by atoms with Gasteiger partial charge < -0.3 is 9.84 Å². The first kappa shape index (κ1) is 19.0. The molecular formula is C21H22N2O3S. The third-order valence-electron chi connectivity index (χ3n) is 4.17. The average molecular weight is 382 g/mol. The lowest BCUT2D eigenvalue weighted by atomic mass is 10.1. The second-order valence-electron chi connectivity index (χ2n) is 6.23. The first-order valence-corrected chi connectivity index (χ1v) is 9.89. The summed E-state index contributed by atoms with van der Waals surface area (Å²) in [5.74, 6) is -0.0728. The number of ether oxygens (including phenoxy) is 1. The minimum absolute atomic E-state index is 0.258. The molecule has 0 aliphatic carbocycles. The monoisotopic (exact) mass is 382 g/mol. The molecule has 3 rings (SSSR count). The largest absolute Gasteiger partial charge is 0.494 e. The zero-order chi connectivity index (χ0) is 19.1. The van der Waals surface area contributed by atoms with Crippen LogP contribution in [0.25, 0.3) is 21.1 Å². The van der Waals surface area contributed by atoms with Crippen molar-refractivity contribution in [3.63, 3.8) is 0 Å². The molecule has 5 nitrogen and oxygen atoms in total. The highest BCUT2D eigenvalue weighted by molar-refractivity contribution is 7.17. The third kappa shape index (κ3) is 5.14. The molecule has 0 bridgehead atoms. The summed E-state index contributed by atoms with van der Waals surface area (Å²) in [4.78, 5) is 10.9. The van der Waals surface area contributed by atoms with E-state index in [1.165, 1.54) is 30.6 Å². The predicted octanol–water partition coefficient (Wildman–Crippen LogP) is 5.53. The average Bonchev–Trinajstić information content (AvgIpc) is 3.18. The summed E-state index contributed by atoms with van der Waals surface area (Å²) in [5, 5.41) is 19.0. The van der Waals surface area contributed by atoms with Gasteiger partial charge in [0.1, 0.15) is 15.8 Å². The van der Waals surface area contributed by atoms with E-state index in [2.05, 4.69) is 17.1 Å². The molecule has 1 heterocycles. The fourth-order valence-corrected chi connectivity index (χ4v) is 3.48. The Hall–Kier alpha value is -2.73. The molecule has 0 unspecified atom stereocenters. The van der Waals surface area contributed by atoms with Crippen LogP contribution in [-0.2, 0) is 0 Å². The molecule has 1 aromatic heterocycles. The fourth-order valence-electron chi connectivity index (χ4n) is 2.62. The van der Waals surface area contributed by atoms with Crippen LogP contribution in [0, 0.1) is 0 Å². The van der Waals surface area contributed by atoms with E-state index in [1.54, 1.807) is 24.3 Å². The molecule has 0 aliphatic heterocycles. The Balaban J connectivity index is 1.63. The topological polar surface area (TPSA) is 72.3 Å². The van der Waals surface area contributed by atoms with Gasteiger partial charge in [0.15, 0.2) is 0 Å². The zero-order valence-electron chi connectivity index (χ0n) is 15.2. The Kier molecular flexibility index (Phi) is 6.54. The first-order chi connectivity index (χ1) is 13.2. The van der Waals surface area contributed by atoms with Gasteiger partial charge in [0.05, 0.1) is 12.2 Å². The maximum Gasteiger partial charge on any atom is 0.335 e. The number of carboxylic acid groups (broad SMARTS) is 1. The van der Waals surface area contributed by atoms with E-state index in [-0.39, 0.29) is 5.56 Å². The molecule has 140 valence electrons. The van der Waals surface area contributed by atoms with Crippen molar-refractivity contribution < 1.29 is 14.6 Å². The summed E-state index contributed by atoms with van der Waals surface area (Å²) in [6, 6.07) is 14.5. The molecule has 0 radical (unpaired) electrons. The van der Waals surface area contributed by atoms with Gasteiger partial charge in [0.2, 0.25) is 0 Å². The summed E-state index contributed by atoms with van der Waals surface area (Å²) in [5.41, 5.74) is 2.10. The Morgan fingerprint density at radius 3 is 2.07 bits per heavy atom. The van der Waals surface area contributed by atoms with E-state index in [0.717, 1.165) is 39.9 Å². The van der Waals surface area contributed by atoms with Gasteiger partial charge >= 0.3 is 5.97 Å². The van der Waals surface area contributed by atoms with Gasteiger partial charge in [-0.05, 0) is 42.8 Å². The number of hydrogen-bond acceptors (Lipinski definition) is 5. The molecule has 1 N–H and O–H groups in total. The fraction of sp³-hybridized carbons (Fsp3) is 0.286. The zero-order valence-corrected chi connectivity index (χ0v) is 16.0. The number of hydrogen-bond donors (Lipinski definition) is 1. The number of carboxylic acids is 1. The number of unbranched alkanes of at least 4 members (excludes halogenated alkanes) is 3. The molecule has 0 fully saturated rings. The summed E-state index contributed by atoms with van der Waals surface area (Å²) in [6.07, 6.45) is 4.76. The van der Waals surface area contributed by atoms with E-state index in [1.807, 2.05) is 24.3 Å². The van der Waals surface area contributed by atoms with Gasteiger partial charge in [-0.15, -0.1) is 10.2 Å². The Morgan fingerprint density at radius 1 is 0.926 bits per heavy atom. The molecule has 6 heteroatoms. The second kappa shape index (κ2) is 9.28. The molecule has 27 heavy (non-hydrogen) atoms.